The third-order valence-electron chi connectivity index (χ3n) is 2.07. The molecule has 2 rings (SSSR count). The Balaban J connectivity index is 2.35. The van der Waals surface area contributed by atoms with E-state index in [1.165, 1.54) is 11.8 Å². The van der Waals surface area contributed by atoms with E-state index in [1.54, 1.807) is 12.1 Å². The number of rotatable bonds is 1. The fourth-order valence-corrected chi connectivity index (χ4v) is 1.86. The second kappa shape index (κ2) is 4.72. The highest BCUT2D eigenvalue weighted by molar-refractivity contribution is 8.13. The molecule has 1 N–H and O–H groups in total. The number of carbonyl (C=O) groups is 1. The number of hydrogen-bond acceptors (Lipinski definition) is 3. The Labute approximate surface area is 103 Å². The Hall–Kier alpha value is -1.26. The largest absolute Gasteiger partial charge is 0.300 e. The average Bonchev–Trinajstić information content (AvgIpc) is 2.63. The molecule has 1 aliphatic rings. The maximum absolute atomic E-state index is 11.5. The van der Waals surface area contributed by atoms with Crippen LogP contribution in [0, 0.1) is 0 Å². The molecule has 16 heavy (non-hydrogen) atoms. The second-order valence-electron chi connectivity index (χ2n) is 3.13. The number of thioether (sulfide) groups is 1. The Kier molecular flexibility index (Phi) is 3.31. The summed E-state index contributed by atoms with van der Waals surface area (Å²) < 4.78 is 0. The topological polar surface area (TPSA) is 41.5 Å². The molecule has 1 aromatic rings. The van der Waals surface area contributed by atoms with E-state index in [9.17, 15) is 4.79 Å². The van der Waals surface area contributed by atoms with Crippen molar-refractivity contribution in [1.29, 1.82) is 0 Å². The van der Waals surface area contributed by atoms with Gasteiger partial charge in [-0.2, -0.15) is 0 Å². The van der Waals surface area contributed by atoms with E-state index in [0.717, 1.165) is 5.56 Å². The highest BCUT2D eigenvalue weighted by Gasteiger charge is 2.19. The maximum atomic E-state index is 11.5. The Morgan fingerprint density at radius 1 is 1.44 bits per heavy atom. The van der Waals surface area contributed by atoms with Gasteiger partial charge in [0, 0.05) is 5.02 Å². The van der Waals surface area contributed by atoms with Gasteiger partial charge in [-0.25, -0.2) is 4.99 Å². The van der Waals surface area contributed by atoms with Gasteiger partial charge in [-0.05, 0) is 24.0 Å². The zero-order chi connectivity index (χ0) is 11.5. The molecule has 0 unspecified atom stereocenters. The van der Waals surface area contributed by atoms with Crippen LogP contribution in [0.5, 0.6) is 0 Å². The maximum Gasteiger partial charge on any atom is 0.275 e. The third-order valence-corrected chi connectivity index (χ3v) is 2.99. The van der Waals surface area contributed by atoms with Crippen molar-refractivity contribution in [3.8, 4) is 0 Å². The summed E-state index contributed by atoms with van der Waals surface area (Å²) in [6.07, 6.45) is 3.54. The van der Waals surface area contributed by atoms with Crippen molar-refractivity contribution in [2.75, 3.05) is 6.26 Å². The lowest BCUT2D eigenvalue weighted by atomic mass is 10.2. The lowest BCUT2D eigenvalue weighted by Crippen LogP contribution is -2.21. The molecule has 5 heteroatoms. The average molecular weight is 253 g/mol. The fraction of sp³-hybridized carbons (Fsp3) is 0.0909. The number of benzene rings is 1. The van der Waals surface area contributed by atoms with Crippen LogP contribution >= 0.6 is 23.4 Å². The van der Waals surface area contributed by atoms with E-state index in [0.29, 0.717) is 15.9 Å². The Bertz CT molecular complexity index is 497. The molecule has 0 saturated heterocycles. The third kappa shape index (κ3) is 2.28. The predicted molar refractivity (Wildman–Crippen MR) is 68.5 cm³/mol. The lowest BCUT2D eigenvalue weighted by molar-refractivity contribution is -0.115. The Morgan fingerprint density at radius 2 is 2.19 bits per heavy atom. The standard InChI is InChI=1S/C11H9ClN2OS/c1-16-11-13-9(10(15)14-11)6-7-4-2-3-5-8(7)12/h2-6H,1H3,(H,13,14,15)/b9-6-. The molecular weight excluding hydrogens is 244 g/mol. The zero-order valence-electron chi connectivity index (χ0n) is 8.53. The SMILES string of the molecule is CSC1=N/C(=C\c2ccccc2Cl)C(=O)N1. The van der Waals surface area contributed by atoms with Gasteiger partial charge < -0.3 is 0 Å². The smallest absolute Gasteiger partial charge is 0.275 e. The first-order valence-electron chi connectivity index (χ1n) is 4.61. The summed E-state index contributed by atoms with van der Waals surface area (Å²) in [5.74, 6) is -0.190. The summed E-state index contributed by atoms with van der Waals surface area (Å²) in [5, 5.41) is 3.88. The van der Waals surface area contributed by atoms with Crippen LogP contribution in [0.1, 0.15) is 5.56 Å². The van der Waals surface area contributed by atoms with Crippen molar-refractivity contribution in [2.24, 2.45) is 4.99 Å². The number of carbonyl (C=O) groups excluding carboxylic acids is 1. The highest BCUT2D eigenvalue weighted by Crippen LogP contribution is 2.20. The molecule has 0 bridgehead atoms. The van der Waals surface area contributed by atoms with E-state index in [2.05, 4.69) is 10.3 Å². The van der Waals surface area contributed by atoms with Crippen molar-refractivity contribution >= 4 is 40.5 Å². The molecule has 1 amide bonds. The van der Waals surface area contributed by atoms with Crippen LogP contribution in [0.15, 0.2) is 35.0 Å². The van der Waals surface area contributed by atoms with E-state index < -0.39 is 0 Å². The van der Waals surface area contributed by atoms with E-state index >= 15 is 0 Å². The highest BCUT2D eigenvalue weighted by atomic mass is 35.5. The van der Waals surface area contributed by atoms with Crippen molar-refractivity contribution < 1.29 is 4.79 Å². The number of nitrogens with zero attached hydrogens (tertiary/aromatic N) is 1. The summed E-state index contributed by atoms with van der Waals surface area (Å²) in [6.45, 7) is 0. The quantitative estimate of drug-likeness (QED) is 0.781. The normalized spacial score (nSPS) is 17.5. The molecule has 1 aliphatic heterocycles. The molecule has 82 valence electrons. The van der Waals surface area contributed by atoms with Crippen molar-refractivity contribution in [1.82, 2.24) is 5.32 Å². The van der Waals surface area contributed by atoms with Crippen LogP contribution in [-0.2, 0) is 4.79 Å². The van der Waals surface area contributed by atoms with Crippen LogP contribution in [0.3, 0.4) is 0 Å². The monoisotopic (exact) mass is 252 g/mol. The number of aliphatic imine (C=N–C) groups is 1. The van der Waals surface area contributed by atoms with E-state index in [4.69, 9.17) is 11.6 Å². The van der Waals surface area contributed by atoms with Crippen LogP contribution in [0.4, 0.5) is 0 Å². The van der Waals surface area contributed by atoms with Crippen molar-refractivity contribution in [2.45, 2.75) is 0 Å². The first kappa shape index (κ1) is 11.2. The van der Waals surface area contributed by atoms with Crippen LogP contribution in [0.25, 0.3) is 6.08 Å². The number of halogens is 1. The molecule has 1 aromatic carbocycles. The fourth-order valence-electron chi connectivity index (χ4n) is 1.28. The summed E-state index contributed by atoms with van der Waals surface area (Å²) >= 11 is 7.39. The minimum Gasteiger partial charge on any atom is -0.300 e. The van der Waals surface area contributed by atoms with Gasteiger partial charge in [0.15, 0.2) is 5.17 Å². The summed E-state index contributed by atoms with van der Waals surface area (Å²) in [5.41, 5.74) is 1.18. The molecule has 0 saturated carbocycles. The van der Waals surface area contributed by atoms with Gasteiger partial charge in [-0.15, -0.1) is 0 Å². The second-order valence-corrected chi connectivity index (χ2v) is 4.33. The predicted octanol–water partition coefficient (Wildman–Crippen LogP) is 2.53. The Morgan fingerprint density at radius 3 is 2.81 bits per heavy atom. The minimum absolute atomic E-state index is 0.190. The summed E-state index contributed by atoms with van der Waals surface area (Å²) in [7, 11) is 0. The first-order valence-corrected chi connectivity index (χ1v) is 6.21. The summed E-state index contributed by atoms with van der Waals surface area (Å²) in [4.78, 5) is 15.7. The molecular formula is C11H9ClN2OS. The molecule has 0 radical (unpaired) electrons. The molecule has 0 aromatic heterocycles. The van der Waals surface area contributed by atoms with Gasteiger partial charge >= 0.3 is 0 Å². The van der Waals surface area contributed by atoms with Crippen LogP contribution < -0.4 is 5.32 Å². The van der Waals surface area contributed by atoms with Gasteiger partial charge in [-0.1, -0.05) is 41.6 Å². The molecule has 0 atom stereocenters. The van der Waals surface area contributed by atoms with Gasteiger partial charge in [0.05, 0.1) is 0 Å². The number of hydrogen-bond donors (Lipinski definition) is 1. The molecule has 0 aliphatic carbocycles. The van der Waals surface area contributed by atoms with Crippen LogP contribution in [-0.4, -0.2) is 17.3 Å². The van der Waals surface area contributed by atoms with Crippen molar-refractivity contribution in [3.63, 3.8) is 0 Å². The lowest BCUT2D eigenvalue weighted by Gasteiger charge is -1.97. The number of amides is 1. The first-order chi connectivity index (χ1) is 7.70. The van der Waals surface area contributed by atoms with Gasteiger partial charge in [0.1, 0.15) is 5.70 Å². The molecule has 0 fully saturated rings. The molecule has 1 heterocycles. The van der Waals surface area contributed by atoms with Crippen molar-refractivity contribution in [3.05, 3.63) is 40.5 Å². The van der Waals surface area contributed by atoms with Gasteiger partial charge in [0.2, 0.25) is 0 Å². The number of nitrogens with one attached hydrogen (secondary N) is 1. The van der Waals surface area contributed by atoms with Gasteiger partial charge in [0.25, 0.3) is 5.91 Å². The molecule has 0 spiro atoms. The summed E-state index contributed by atoms with van der Waals surface area (Å²) in [6, 6.07) is 7.33. The van der Waals surface area contributed by atoms with E-state index in [1.807, 2.05) is 24.5 Å². The zero-order valence-corrected chi connectivity index (χ0v) is 10.1. The number of amidine groups is 1. The van der Waals surface area contributed by atoms with E-state index in [-0.39, 0.29) is 5.91 Å². The van der Waals surface area contributed by atoms with Crippen LogP contribution in [0.2, 0.25) is 5.02 Å². The minimum atomic E-state index is -0.190. The van der Waals surface area contributed by atoms with Gasteiger partial charge in [-0.3, -0.25) is 10.1 Å². The molecule has 3 nitrogen and oxygen atoms in total.